The Morgan fingerprint density at radius 3 is 2.30 bits per heavy atom. The fourth-order valence-corrected chi connectivity index (χ4v) is 2.51. The van der Waals surface area contributed by atoms with E-state index in [-0.39, 0.29) is 16.8 Å². The van der Waals surface area contributed by atoms with Crippen molar-refractivity contribution in [2.45, 2.75) is 6.92 Å². The zero-order valence-corrected chi connectivity index (χ0v) is 11.2. The normalized spacial score (nSPS) is 13.6. The van der Waals surface area contributed by atoms with Crippen molar-refractivity contribution in [3.63, 3.8) is 0 Å². The van der Waals surface area contributed by atoms with Crippen molar-refractivity contribution in [1.82, 2.24) is 15.4 Å². The second-order valence-corrected chi connectivity index (χ2v) is 5.25. The van der Waals surface area contributed by atoms with E-state index in [0.29, 0.717) is 0 Å². The van der Waals surface area contributed by atoms with Gasteiger partial charge in [0.1, 0.15) is 5.69 Å². The summed E-state index contributed by atoms with van der Waals surface area (Å²) < 4.78 is 0. The number of carbonyl (C=O) groups excluding carboxylic acids is 3. The number of aryl methyl sites for hydroxylation is 1. The minimum atomic E-state index is -0.580. The maximum atomic E-state index is 12.1. The van der Waals surface area contributed by atoms with Gasteiger partial charge in [-0.25, -0.2) is 4.98 Å². The summed E-state index contributed by atoms with van der Waals surface area (Å²) in [5, 5.41) is 3.03. The summed E-state index contributed by atoms with van der Waals surface area (Å²) in [6.07, 6.45) is 0. The van der Waals surface area contributed by atoms with Crippen molar-refractivity contribution in [3.05, 3.63) is 51.5 Å². The highest BCUT2D eigenvalue weighted by Gasteiger charge is 2.36. The van der Waals surface area contributed by atoms with Crippen LogP contribution in [-0.2, 0) is 0 Å². The molecule has 1 aromatic carbocycles. The van der Waals surface area contributed by atoms with Crippen molar-refractivity contribution >= 4 is 29.1 Å². The van der Waals surface area contributed by atoms with Crippen molar-refractivity contribution in [2.24, 2.45) is 0 Å². The minimum absolute atomic E-state index is 0.184. The van der Waals surface area contributed by atoms with Gasteiger partial charge in [-0.15, -0.1) is 11.3 Å². The molecular formula is C13H9N3O3S. The van der Waals surface area contributed by atoms with Gasteiger partial charge in [-0.2, -0.15) is 5.01 Å². The van der Waals surface area contributed by atoms with Crippen LogP contribution in [0.4, 0.5) is 0 Å². The largest absolute Gasteiger partial charge is 0.289 e. The maximum Gasteiger partial charge on any atom is 0.289 e. The Bertz CT molecular complexity index is 703. The van der Waals surface area contributed by atoms with Crippen LogP contribution >= 0.6 is 11.3 Å². The lowest BCUT2D eigenvalue weighted by molar-refractivity contribution is 0.0517. The summed E-state index contributed by atoms with van der Waals surface area (Å²) >= 11 is 1.32. The highest BCUT2D eigenvalue weighted by molar-refractivity contribution is 7.09. The molecule has 0 atom stereocenters. The molecule has 7 heteroatoms. The van der Waals surface area contributed by atoms with Gasteiger partial charge >= 0.3 is 0 Å². The number of hydrazine groups is 1. The third-order valence-electron chi connectivity index (χ3n) is 2.86. The number of hydrogen-bond acceptors (Lipinski definition) is 5. The molecule has 0 saturated heterocycles. The van der Waals surface area contributed by atoms with Crippen LogP contribution < -0.4 is 5.43 Å². The van der Waals surface area contributed by atoms with Crippen LogP contribution in [0.2, 0.25) is 0 Å². The van der Waals surface area contributed by atoms with Crippen molar-refractivity contribution < 1.29 is 14.4 Å². The highest BCUT2D eigenvalue weighted by atomic mass is 32.1. The number of rotatable bonds is 2. The van der Waals surface area contributed by atoms with E-state index in [0.717, 1.165) is 10.0 Å². The number of aromatic nitrogens is 1. The Kier molecular flexibility index (Phi) is 2.83. The van der Waals surface area contributed by atoms with Gasteiger partial charge in [0.25, 0.3) is 17.7 Å². The molecule has 3 amide bonds. The molecule has 0 bridgehead atoms. The zero-order valence-electron chi connectivity index (χ0n) is 10.4. The van der Waals surface area contributed by atoms with Gasteiger partial charge in [0.05, 0.1) is 16.1 Å². The predicted octanol–water partition coefficient (Wildman–Crippen LogP) is 1.39. The highest BCUT2D eigenvalue weighted by Crippen LogP contribution is 2.21. The molecule has 1 aromatic heterocycles. The Morgan fingerprint density at radius 2 is 1.80 bits per heavy atom. The third kappa shape index (κ3) is 1.88. The van der Waals surface area contributed by atoms with Crippen molar-refractivity contribution in [2.75, 3.05) is 0 Å². The number of benzene rings is 1. The smallest absolute Gasteiger partial charge is 0.267 e. The number of imide groups is 1. The molecular weight excluding hydrogens is 278 g/mol. The van der Waals surface area contributed by atoms with E-state index in [1.807, 2.05) is 0 Å². The van der Waals surface area contributed by atoms with Crippen LogP contribution in [0.5, 0.6) is 0 Å². The first kappa shape index (κ1) is 12.5. The van der Waals surface area contributed by atoms with Gasteiger partial charge < -0.3 is 0 Å². The van der Waals surface area contributed by atoms with Crippen molar-refractivity contribution in [3.8, 4) is 0 Å². The van der Waals surface area contributed by atoms with E-state index in [1.54, 1.807) is 36.6 Å². The van der Waals surface area contributed by atoms with Crippen LogP contribution in [0.1, 0.15) is 36.2 Å². The van der Waals surface area contributed by atoms with E-state index in [1.165, 1.54) is 11.3 Å². The van der Waals surface area contributed by atoms with Crippen LogP contribution in [0, 0.1) is 6.92 Å². The van der Waals surface area contributed by atoms with Gasteiger partial charge in [0.15, 0.2) is 0 Å². The van der Waals surface area contributed by atoms with E-state index in [4.69, 9.17) is 0 Å². The first-order valence-electron chi connectivity index (χ1n) is 5.79. The average molecular weight is 287 g/mol. The molecule has 2 aromatic rings. The van der Waals surface area contributed by atoms with E-state index in [9.17, 15) is 14.4 Å². The molecule has 0 unspecified atom stereocenters. The third-order valence-corrected chi connectivity index (χ3v) is 3.63. The number of nitrogens with zero attached hydrogens (tertiary/aromatic N) is 2. The Hall–Kier alpha value is -2.54. The van der Waals surface area contributed by atoms with Crippen LogP contribution in [0.25, 0.3) is 0 Å². The number of thiazole rings is 1. The molecule has 0 aliphatic carbocycles. The second kappa shape index (κ2) is 4.53. The lowest BCUT2D eigenvalue weighted by Crippen LogP contribution is -2.46. The standard InChI is InChI=1S/C13H9N3O3S/c1-7-14-10(6-20-7)11(17)15-16-12(18)8-4-2-3-5-9(8)13(16)19/h2-6H,1H3,(H,15,17). The summed E-state index contributed by atoms with van der Waals surface area (Å²) in [7, 11) is 0. The summed E-state index contributed by atoms with van der Waals surface area (Å²) in [5.41, 5.74) is 3.05. The van der Waals surface area contributed by atoms with Crippen LogP contribution in [0.3, 0.4) is 0 Å². The first-order valence-corrected chi connectivity index (χ1v) is 6.67. The topological polar surface area (TPSA) is 79.4 Å². The summed E-state index contributed by atoms with van der Waals surface area (Å²) in [6.45, 7) is 1.77. The number of fused-ring (bicyclic) bond motifs is 1. The number of amides is 3. The Balaban J connectivity index is 1.85. The van der Waals surface area contributed by atoms with Gasteiger partial charge in [-0.1, -0.05) is 12.1 Å². The summed E-state index contributed by atoms with van der Waals surface area (Å²) in [4.78, 5) is 40.1. The van der Waals surface area contributed by atoms with Crippen molar-refractivity contribution in [1.29, 1.82) is 0 Å². The van der Waals surface area contributed by atoms with Gasteiger partial charge in [0, 0.05) is 5.38 Å². The monoisotopic (exact) mass is 287 g/mol. The molecule has 0 radical (unpaired) electrons. The predicted molar refractivity (Wildman–Crippen MR) is 71.3 cm³/mol. The molecule has 1 aliphatic rings. The van der Waals surface area contributed by atoms with Crippen LogP contribution in [0.15, 0.2) is 29.6 Å². The molecule has 20 heavy (non-hydrogen) atoms. The first-order chi connectivity index (χ1) is 9.58. The Morgan fingerprint density at radius 1 is 1.20 bits per heavy atom. The van der Waals surface area contributed by atoms with Gasteiger partial charge in [-0.3, -0.25) is 19.8 Å². The molecule has 0 spiro atoms. The van der Waals surface area contributed by atoms with E-state index < -0.39 is 17.7 Å². The van der Waals surface area contributed by atoms with Gasteiger partial charge in [-0.05, 0) is 19.1 Å². The quantitative estimate of drug-likeness (QED) is 0.847. The Labute approximate surface area is 118 Å². The van der Waals surface area contributed by atoms with Crippen LogP contribution in [-0.4, -0.2) is 27.7 Å². The summed E-state index contributed by atoms with van der Waals surface area (Å²) in [5.74, 6) is -1.65. The summed E-state index contributed by atoms with van der Waals surface area (Å²) in [6, 6.07) is 6.43. The molecule has 0 fully saturated rings. The lowest BCUT2D eigenvalue weighted by atomic mass is 10.1. The lowest BCUT2D eigenvalue weighted by Gasteiger charge is -2.13. The second-order valence-electron chi connectivity index (χ2n) is 4.18. The fraction of sp³-hybridized carbons (Fsp3) is 0.0769. The number of nitrogens with one attached hydrogen (secondary N) is 1. The number of carbonyl (C=O) groups is 3. The minimum Gasteiger partial charge on any atom is -0.267 e. The zero-order chi connectivity index (χ0) is 14.3. The molecule has 100 valence electrons. The SMILES string of the molecule is Cc1nc(C(=O)NN2C(=O)c3ccccc3C2=O)cs1. The molecule has 1 aliphatic heterocycles. The average Bonchev–Trinajstić information content (AvgIpc) is 2.98. The molecule has 1 N–H and O–H groups in total. The maximum absolute atomic E-state index is 12.1. The van der Waals surface area contributed by atoms with Gasteiger partial charge in [0.2, 0.25) is 0 Å². The molecule has 2 heterocycles. The van der Waals surface area contributed by atoms with E-state index >= 15 is 0 Å². The molecule has 6 nitrogen and oxygen atoms in total. The molecule has 0 saturated carbocycles. The molecule has 3 rings (SSSR count). The van der Waals surface area contributed by atoms with E-state index in [2.05, 4.69) is 10.4 Å². The number of hydrogen-bond donors (Lipinski definition) is 1. The fourth-order valence-electron chi connectivity index (χ4n) is 1.92.